The minimum atomic E-state index is -4.68. The number of carbonyl (C=O) groups is 1. The number of phenolic OH excluding ortho intramolecular Hbond substituents is 1. The standard InChI is InChI=1S/C39H34N8O6S/c1-23-16-30(10-14-33(23)43-44-34-15-11-31(53-22-48)20-38(34)54(50,51)52)42-46-36-17-25(3)37(18-24(36)2)47-45-35-13-6-27-19-29(9-12-32(27)39(35)49)41-21-26-4-7-28(40)8-5-26/h4-20,22,41,49H,21,40H2,1-3H3,(H,50,51,52). The van der Waals surface area contributed by atoms with E-state index in [0.29, 0.717) is 45.9 Å². The topological polar surface area (TPSA) is 213 Å². The number of nitrogens with two attached hydrogens (primary N) is 1. The van der Waals surface area contributed by atoms with Gasteiger partial charge in [-0.2, -0.15) is 28.9 Å². The van der Waals surface area contributed by atoms with Crippen molar-refractivity contribution >= 4 is 72.9 Å². The van der Waals surface area contributed by atoms with E-state index in [9.17, 15) is 22.9 Å². The van der Waals surface area contributed by atoms with Gasteiger partial charge in [0, 0.05) is 29.4 Å². The van der Waals surface area contributed by atoms with Gasteiger partial charge in [0.15, 0.2) is 5.75 Å². The lowest BCUT2D eigenvalue weighted by Crippen LogP contribution is -1.99. The fraction of sp³-hybridized carbons (Fsp3) is 0.103. The Morgan fingerprint density at radius 3 is 1.98 bits per heavy atom. The van der Waals surface area contributed by atoms with Gasteiger partial charge in [0.1, 0.15) is 22.0 Å². The zero-order chi connectivity index (χ0) is 38.4. The number of azo groups is 3. The third kappa shape index (κ3) is 8.78. The predicted octanol–water partition coefficient (Wildman–Crippen LogP) is 10.7. The molecule has 0 atom stereocenters. The van der Waals surface area contributed by atoms with Gasteiger partial charge in [-0.1, -0.05) is 18.2 Å². The highest BCUT2D eigenvalue weighted by atomic mass is 32.2. The van der Waals surface area contributed by atoms with Gasteiger partial charge in [-0.05, 0) is 127 Å². The molecule has 5 N–H and O–H groups in total. The molecule has 0 aliphatic rings. The molecule has 6 rings (SSSR count). The van der Waals surface area contributed by atoms with Crippen LogP contribution in [-0.2, 0) is 21.5 Å². The fourth-order valence-electron chi connectivity index (χ4n) is 5.39. The minimum Gasteiger partial charge on any atom is -0.505 e. The number of benzene rings is 6. The third-order valence-electron chi connectivity index (χ3n) is 8.34. The van der Waals surface area contributed by atoms with Crippen molar-refractivity contribution < 1.29 is 27.6 Å². The summed E-state index contributed by atoms with van der Waals surface area (Å²) in [5, 5.41) is 41.6. The lowest BCUT2D eigenvalue weighted by molar-refractivity contribution is -0.120. The molecule has 0 fully saturated rings. The number of rotatable bonds is 12. The Balaban J connectivity index is 1.13. The Hall–Kier alpha value is -6.84. The number of nitrogens with zero attached hydrogens (tertiary/aromatic N) is 6. The summed E-state index contributed by atoms with van der Waals surface area (Å²) >= 11 is 0. The number of nitrogens with one attached hydrogen (secondary N) is 1. The van der Waals surface area contributed by atoms with Crippen molar-refractivity contribution in [2.45, 2.75) is 32.2 Å². The second-order valence-electron chi connectivity index (χ2n) is 12.3. The first-order valence-electron chi connectivity index (χ1n) is 16.4. The SMILES string of the molecule is Cc1cc(N=Nc2ccc3cc(NCc4ccc(N)cc4)ccc3c2O)c(C)cc1N=Nc1ccc(N=Nc2ccc(OC=O)cc2S(=O)(=O)O)c(C)c1. The first-order valence-corrected chi connectivity index (χ1v) is 17.8. The highest BCUT2D eigenvalue weighted by Gasteiger charge is 2.17. The molecule has 0 spiro atoms. The highest BCUT2D eigenvalue weighted by molar-refractivity contribution is 7.86. The molecule has 0 aromatic heterocycles. The number of anilines is 2. The third-order valence-corrected chi connectivity index (χ3v) is 9.22. The molecule has 6 aromatic rings. The zero-order valence-corrected chi connectivity index (χ0v) is 30.1. The van der Waals surface area contributed by atoms with Crippen LogP contribution in [0.5, 0.6) is 11.5 Å². The highest BCUT2D eigenvalue weighted by Crippen LogP contribution is 2.38. The van der Waals surface area contributed by atoms with Crippen LogP contribution in [0.1, 0.15) is 22.3 Å². The Labute approximate surface area is 310 Å². The molecule has 0 heterocycles. The molecule has 0 saturated heterocycles. The van der Waals surface area contributed by atoms with E-state index in [2.05, 4.69) is 40.7 Å². The number of ether oxygens (including phenoxy) is 1. The van der Waals surface area contributed by atoms with Crippen molar-refractivity contribution in [1.82, 2.24) is 0 Å². The van der Waals surface area contributed by atoms with Crippen LogP contribution in [-0.4, -0.2) is 24.5 Å². The first kappa shape index (κ1) is 36.9. The minimum absolute atomic E-state index is 0.0339. The van der Waals surface area contributed by atoms with Crippen molar-refractivity contribution in [2.75, 3.05) is 11.1 Å². The number of phenols is 1. The molecule has 54 heavy (non-hydrogen) atoms. The van der Waals surface area contributed by atoms with Crippen LogP contribution < -0.4 is 15.8 Å². The molecular formula is C39H34N8O6S. The van der Waals surface area contributed by atoms with Crippen LogP contribution in [0.2, 0.25) is 0 Å². The monoisotopic (exact) mass is 742 g/mol. The van der Waals surface area contributed by atoms with Crippen LogP contribution in [0.4, 0.5) is 45.5 Å². The molecule has 0 radical (unpaired) electrons. The van der Waals surface area contributed by atoms with Gasteiger partial charge < -0.3 is 20.9 Å². The van der Waals surface area contributed by atoms with Gasteiger partial charge in [0.25, 0.3) is 16.6 Å². The molecule has 0 bridgehead atoms. The Morgan fingerprint density at radius 1 is 0.685 bits per heavy atom. The summed E-state index contributed by atoms with van der Waals surface area (Å²) in [6, 6.07) is 29.3. The summed E-state index contributed by atoms with van der Waals surface area (Å²) in [5.74, 6) is -0.0464. The Bertz CT molecular complexity index is 2590. The normalized spacial score (nSPS) is 11.9. The van der Waals surface area contributed by atoms with E-state index >= 15 is 0 Å². The molecule has 0 saturated carbocycles. The van der Waals surface area contributed by atoms with Crippen LogP contribution in [0.15, 0.2) is 139 Å². The van der Waals surface area contributed by atoms with Gasteiger partial charge in [-0.3, -0.25) is 9.35 Å². The molecule has 0 amide bonds. The Kier molecular flexibility index (Phi) is 10.8. The van der Waals surface area contributed by atoms with E-state index in [1.807, 2.05) is 74.5 Å². The number of hydrogen-bond acceptors (Lipinski definition) is 13. The van der Waals surface area contributed by atoms with E-state index < -0.39 is 15.0 Å². The van der Waals surface area contributed by atoms with Gasteiger partial charge in [-0.15, -0.1) is 10.2 Å². The lowest BCUT2D eigenvalue weighted by atomic mass is 10.1. The van der Waals surface area contributed by atoms with Crippen LogP contribution >= 0.6 is 0 Å². The largest absolute Gasteiger partial charge is 0.505 e. The van der Waals surface area contributed by atoms with E-state index in [0.717, 1.165) is 39.5 Å². The molecule has 0 aliphatic carbocycles. The van der Waals surface area contributed by atoms with Crippen LogP contribution in [0.3, 0.4) is 0 Å². The number of aromatic hydroxyl groups is 1. The summed E-state index contributed by atoms with van der Waals surface area (Å²) in [5.41, 5.74) is 13.2. The van der Waals surface area contributed by atoms with Crippen molar-refractivity contribution in [1.29, 1.82) is 0 Å². The second-order valence-corrected chi connectivity index (χ2v) is 13.7. The van der Waals surface area contributed by atoms with E-state index in [4.69, 9.17) is 5.73 Å². The number of aryl methyl sites for hydroxylation is 3. The first-order chi connectivity index (χ1) is 25.9. The van der Waals surface area contributed by atoms with Crippen LogP contribution in [0, 0.1) is 20.8 Å². The van der Waals surface area contributed by atoms with Gasteiger partial charge in [-0.25, -0.2) is 0 Å². The summed E-state index contributed by atoms with van der Waals surface area (Å²) in [6.07, 6.45) is 0. The summed E-state index contributed by atoms with van der Waals surface area (Å²) < 4.78 is 38.0. The lowest BCUT2D eigenvalue weighted by Gasteiger charge is -2.10. The smallest absolute Gasteiger partial charge is 0.298 e. The second kappa shape index (κ2) is 15.8. The molecule has 6 aromatic carbocycles. The zero-order valence-electron chi connectivity index (χ0n) is 29.3. The Morgan fingerprint density at radius 2 is 1.30 bits per heavy atom. The molecule has 15 heteroatoms. The maximum Gasteiger partial charge on any atom is 0.298 e. The number of carbonyl (C=O) groups excluding carboxylic acids is 1. The number of hydrogen-bond donors (Lipinski definition) is 4. The average Bonchev–Trinajstić information content (AvgIpc) is 3.14. The summed E-state index contributed by atoms with van der Waals surface area (Å²) in [7, 11) is -4.68. The van der Waals surface area contributed by atoms with Crippen molar-refractivity contribution in [2.24, 2.45) is 30.7 Å². The summed E-state index contributed by atoms with van der Waals surface area (Å²) in [4.78, 5) is 10.1. The quantitative estimate of drug-likeness (QED) is 0.0408. The molecule has 0 aliphatic heterocycles. The van der Waals surface area contributed by atoms with Crippen LogP contribution in [0.25, 0.3) is 10.8 Å². The summed E-state index contributed by atoms with van der Waals surface area (Å²) in [6.45, 7) is 6.31. The molecule has 272 valence electrons. The van der Waals surface area contributed by atoms with Gasteiger partial charge in [0.2, 0.25) is 0 Å². The van der Waals surface area contributed by atoms with Gasteiger partial charge >= 0.3 is 0 Å². The predicted molar refractivity (Wildman–Crippen MR) is 206 cm³/mol. The maximum atomic E-state index is 11.9. The number of nitrogen functional groups attached to an aromatic ring is 1. The van der Waals surface area contributed by atoms with E-state index in [1.54, 1.807) is 31.2 Å². The average molecular weight is 743 g/mol. The van der Waals surface area contributed by atoms with Crippen molar-refractivity contribution in [3.05, 3.63) is 125 Å². The number of fused-ring (bicyclic) bond motifs is 1. The van der Waals surface area contributed by atoms with Crippen molar-refractivity contribution in [3.63, 3.8) is 0 Å². The molecule has 0 unspecified atom stereocenters. The van der Waals surface area contributed by atoms with E-state index in [1.165, 1.54) is 12.1 Å². The molecule has 14 nitrogen and oxygen atoms in total. The van der Waals surface area contributed by atoms with Gasteiger partial charge in [0.05, 0.1) is 22.7 Å². The van der Waals surface area contributed by atoms with E-state index in [-0.39, 0.29) is 23.7 Å². The maximum absolute atomic E-state index is 11.9. The van der Waals surface area contributed by atoms with Crippen molar-refractivity contribution in [3.8, 4) is 11.5 Å². The fourth-order valence-corrected chi connectivity index (χ4v) is 6.03. The molecular weight excluding hydrogens is 709 g/mol.